The molecule has 16 heteroatoms. The summed E-state index contributed by atoms with van der Waals surface area (Å²) in [6.45, 7) is 2.32. The van der Waals surface area contributed by atoms with Crippen molar-refractivity contribution in [2.45, 2.75) is 24.8 Å². The van der Waals surface area contributed by atoms with E-state index < -0.39 is 21.9 Å². The highest BCUT2D eigenvalue weighted by Crippen LogP contribution is 2.36. The van der Waals surface area contributed by atoms with E-state index in [-0.39, 0.29) is 35.4 Å². The molecule has 1 fully saturated rings. The molecular formula is C25H24FN9O4S2. The highest BCUT2D eigenvalue weighted by Gasteiger charge is 2.27. The van der Waals surface area contributed by atoms with Crippen molar-refractivity contribution in [2.24, 2.45) is 5.14 Å². The molecule has 212 valence electrons. The Balaban J connectivity index is 1.39. The third-order valence-corrected chi connectivity index (χ3v) is 8.32. The first kappa shape index (κ1) is 28.0. The minimum atomic E-state index is -3.91. The lowest BCUT2D eigenvalue weighted by molar-refractivity contribution is -0.120. The number of urea groups is 1. The molecule has 1 aliphatic rings. The van der Waals surface area contributed by atoms with Gasteiger partial charge in [0.05, 0.1) is 33.5 Å². The number of thiazole rings is 1. The minimum Gasteiger partial charge on any atom is -0.347 e. The summed E-state index contributed by atoms with van der Waals surface area (Å²) in [4.78, 5) is 44.7. The number of rotatable bonds is 8. The fourth-order valence-corrected chi connectivity index (χ4v) is 5.72. The monoisotopic (exact) mass is 597 g/mol. The summed E-state index contributed by atoms with van der Waals surface area (Å²) in [5.74, 6) is -0.931. The highest BCUT2D eigenvalue weighted by atomic mass is 32.2. The van der Waals surface area contributed by atoms with Crippen molar-refractivity contribution >= 4 is 55.8 Å². The Morgan fingerprint density at radius 2 is 2.02 bits per heavy atom. The summed E-state index contributed by atoms with van der Waals surface area (Å²) in [7, 11) is -2.10. The van der Waals surface area contributed by atoms with Crippen LogP contribution in [0.25, 0.3) is 10.6 Å². The maximum Gasteiger partial charge on any atom is 0.328 e. The van der Waals surface area contributed by atoms with E-state index in [1.807, 2.05) is 11.9 Å². The molecule has 1 saturated heterocycles. The van der Waals surface area contributed by atoms with Crippen LogP contribution in [0.4, 0.5) is 31.6 Å². The van der Waals surface area contributed by atoms with E-state index in [0.717, 1.165) is 11.8 Å². The van der Waals surface area contributed by atoms with E-state index in [4.69, 9.17) is 5.14 Å². The molecule has 4 heterocycles. The molecule has 0 saturated carbocycles. The third kappa shape index (κ3) is 6.13. The van der Waals surface area contributed by atoms with Gasteiger partial charge in [-0.15, -0.1) is 0 Å². The second-order valence-electron chi connectivity index (χ2n) is 9.11. The lowest BCUT2D eigenvalue weighted by atomic mass is 10.2. The van der Waals surface area contributed by atoms with Gasteiger partial charge < -0.3 is 10.2 Å². The molecule has 0 aliphatic carbocycles. The fourth-order valence-electron chi connectivity index (χ4n) is 4.14. The zero-order valence-electron chi connectivity index (χ0n) is 21.8. The number of hydrogen-bond donors (Lipinski definition) is 3. The van der Waals surface area contributed by atoms with Gasteiger partial charge in [0.25, 0.3) is 0 Å². The van der Waals surface area contributed by atoms with E-state index in [0.29, 0.717) is 33.6 Å². The van der Waals surface area contributed by atoms with Crippen molar-refractivity contribution in [2.75, 3.05) is 28.7 Å². The van der Waals surface area contributed by atoms with Gasteiger partial charge in [-0.2, -0.15) is 0 Å². The first-order valence-electron chi connectivity index (χ1n) is 12.1. The number of carbonyl (C=O) groups excluding carboxylic acids is 2. The van der Waals surface area contributed by atoms with E-state index in [1.54, 1.807) is 31.5 Å². The molecular weight excluding hydrogens is 573 g/mol. The number of amides is 3. The molecule has 4 aromatic rings. The SMILES string of the molecule is Cc1nc(N(C)Cc2ccncc2N2CCC(=O)NC2=O)sc1-c1nc(Nc2cccc(S(N)(=O)=O)c2)ncc1F. The number of aryl methyl sites for hydroxylation is 1. The van der Waals surface area contributed by atoms with E-state index in [2.05, 4.69) is 30.6 Å². The first-order valence-corrected chi connectivity index (χ1v) is 14.5. The number of carbonyl (C=O) groups is 2. The Hall–Kier alpha value is -4.54. The molecule has 41 heavy (non-hydrogen) atoms. The van der Waals surface area contributed by atoms with Crippen molar-refractivity contribution in [1.29, 1.82) is 0 Å². The van der Waals surface area contributed by atoms with Crippen LogP contribution >= 0.6 is 11.3 Å². The van der Waals surface area contributed by atoms with Crippen LogP contribution < -0.4 is 25.6 Å². The Morgan fingerprint density at radius 3 is 2.78 bits per heavy atom. The quantitative estimate of drug-likeness (QED) is 0.274. The smallest absolute Gasteiger partial charge is 0.328 e. The number of nitrogens with one attached hydrogen (secondary N) is 2. The Morgan fingerprint density at radius 1 is 1.22 bits per heavy atom. The second-order valence-corrected chi connectivity index (χ2v) is 11.7. The van der Waals surface area contributed by atoms with Crippen molar-refractivity contribution in [1.82, 2.24) is 25.3 Å². The number of pyridine rings is 1. The molecule has 1 aromatic carbocycles. The number of halogens is 1. The van der Waals surface area contributed by atoms with E-state index in [9.17, 15) is 22.4 Å². The maximum atomic E-state index is 14.9. The van der Waals surface area contributed by atoms with Gasteiger partial charge in [-0.3, -0.25) is 20.0 Å². The molecule has 13 nitrogen and oxygen atoms in total. The average Bonchev–Trinajstić information content (AvgIpc) is 3.31. The predicted molar refractivity (Wildman–Crippen MR) is 151 cm³/mol. The third-order valence-electron chi connectivity index (χ3n) is 6.13. The summed E-state index contributed by atoms with van der Waals surface area (Å²) < 4.78 is 38.3. The predicted octanol–water partition coefficient (Wildman–Crippen LogP) is 2.92. The summed E-state index contributed by atoms with van der Waals surface area (Å²) in [5.41, 5.74) is 2.28. The summed E-state index contributed by atoms with van der Waals surface area (Å²) in [5, 5.41) is 11.0. The summed E-state index contributed by atoms with van der Waals surface area (Å²) in [6.07, 6.45) is 4.39. The fraction of sp³-hybridized carbons (Fsp3) is 0.200. The number of benzene rings is 1. The molecule has 4 N–H and O–H groups in total. The van der Waals surface area contributed by atoms with Gasteiger partial charge in [-0.1, -0.05) is 17.4 Å². The molecule has 0 spiro atoms. The zero-order valence-corrected chi connectivity index (χ0v) is 23.5. The van der Waals surface area contributed by atoms with Gasteiger partial charge in [0.2, 0.25) is 21.9 Å². The van der Waals surface area contributed by atoms with Crippen molar-refractivity contribution < 1.29 is 22.4 Å². The normalized spacial score (nSPS) is 13.7. The van der Waals surface area contributed by atoms with Crippen LogP contribution in [0.5, 0.6) is 0 Å². The second kappa shape index (κ2) is 11.1. The molecule has 3 amide bonds. The van der Waals surface area contributed by atoms with E-state index in [1.165, 1.54) is 34.4 Å². The molecule has 0 radical (unpaired) electrons. The molecule has 0 unspecified atom stereocenters. The highest BCUT2D eigenvalue weighted by molar-refractivity contribution is 7.89. The van der Waals surface area contributed by atoms with Crippen molar-refractivity contribution in [3.8, 4) is 10.6 Å². The average molecular weight is 598 g/mol. The standard InChI is InChI=1S/C25H24FN9O4S2/c1-14-22(21-18(26)11-29-23(33-21)31-16-4-3-5-17(10-16)41(27,38)39)40-25(30-14)34(2)13-15-6-8-28-12-19(15)35-9-7-20(36)32-24(35)37/h3-6,8,10-12H,7,9,13H2,1-2H3,(H2,27,38,39)(H,29,31,33)(H,32,36,37). The van der Waals surface area contributed by atoms with Gasteiger partial charge in [0.1, 0.15) is 5.69 Å². The van der Waals surface area contributed by atoms with Crippen LogP contribution in [0.3, 0.4) is 0 Å². The number of nitrogens with two attached hydrogens (primary N) is 1. The Kier molecular flexibility index (Phi) is 7.61. The van der Waals surface area contributed by atoms with Crippen molar-refractivity contribution in [3.63, 3.8) is 0 Å². The number of anilines is 4. The van der Waals surface area contributed by atoms with Crippen LogP contribution in [-0.2, 0) is 21.4 Å². The summed E-state index contributed by atoms with van der Waals surface area (Å²) in [6, 6.07) is 7.06. The summed E-state index contributed by atoms with van der Waals surface area (Å²) >= 11 is 1.22. The van der Waals surface area contributed by atoms with Gasteiger partial charge in [0, 0.05) is 38.4 Å². The lowest BCUT2D eigenvalue weighted by Crippen LogP contribution is -2.50. The number of primary sulfonamides is 1. The van der Waals surface area contributed by atoms with Gasteiger partial charge in [0.15, 0.2) is 10.9 Å². The zero-order chi connectivity index (χ0) is 29.3. The minimum absolute atomic E-state index is 0.0269. The van der Waals surface area contributed by atoms with Gasteiger partial charge in [-0.25, -0.2) is 37.7 Å². The molecule has 0 atom stereocenters. The van der Waals surface area contributed by atoms with Gasteiger partial charge >= 0.3 is 6.03 Å². The van der Waals surface area contributed by atoms with Crippen LogP contribution in [0.1, 0.15) is 17.7 Å². The molecule has 3 aromatic heterocycles. The van der Waals surface area contributed by atoms with Gasteiger partial charge in [-0.05, 0) is 36.8 Å². The Bertz CT molecular complexity index is 1760. The number of nitrogens with zero attached hydrogens (tertiary/aromatic N) is 6. The molecule has 0 bridgehead atoms. The first-order chi connectivity index (χ1) is 19.5. The van der Waals surface area contributed by atoms with Crippen LogP contribution in [0.15, 0.2) is 53.8 Å². The number of aromatic nitrogens is 4. The van der Waals surface area contributed by atoms with Crippen LogP contribution in [0, 0.1) is 12.7 Å². The van der Waals surface area contributed by atoms with Crippen molar-refractivity contribution in [3.05, 3.63) is 66.0 Å². The van der Waals surface area contributed by atoms with Crippen LogP contribution in [0.2, 0.25) is 0 Å². The largest absolute Gasteiger partial charge is 0.347 e. The maximum absolute atomic E-state index is 14.9. The molecule has 5 rings (SSSR count). The van der Waals surface area contributed by atoms with E-state index >= 15 is 0 Å². The topological polar surface area (TPSA) is 176 Å². The Labute approximate surface area is 238 Å². The molecule has 1 aliphatic heterocycles. The number of imide groups is 1. The number of sulfonamides is 1. The number of hydrogen-bond acceptors (Lipinski definition) is 11. The lowest BCUT2D eigenvalue weighted by Gasteiger charge is -2.29. The van der Waals surface area contributed by atoms with Crippen LogP contribution in [-0.4, -0.2) is 53.9 Å².